The Morgan fingerprint density at radius 1 is 1.47 bits per heavy atom. The van der Waals surface area contributed by atoms with E-state index in [0.29, 0.717) is 12.5 Å². The first-order valence-electron chi connectivity index (χ1n) is 5.80. The molecule has 17 heavy (non-hydrogen) atoms. The SMILES string of the molecule is C[C@@H](c1ccccc1)N1C(=O)OC[C@@H]1CCCl. The maximum atomic E-state index is 11.7. The van der Waals surface area contributed by atoms with Gasteiger partial charge in [0.15, 0.2) is 0 Å². The van der Waals surface area contributed by atoms with Gasteiger partial charge in [-0.15, -0.1) is 11.6 Å². The molecule has 1 aliphatic rings. The number of hydrogen-bond acceptors (Lipinski definition) is 2. The molecule has 0 aliphatic carbocycles. The van der Waals surface area contributed by atoms with Crippen molar-refractivity contribution in [3.63, 3.8) is 0 Å². The monoisotopic (exact) mass is 253 g/mol. The minimum Gasteiger partial charge on any atom is -0.447 e. The number of carbonyl (C=O) groups is 1. The minimum absolute atomic E-state index is 0.0272. The van der Waals surface area contributed by atoms with Gasteiger partial charge in [0.25, 0.3) is 0 Å². The van der Waals surface area contributed by atoms with Gasteiger partial charge in [0.2, 0.25) is 0 Å². The Labute approximate surface area is 106 Å². The number of benzene rings is 1. The molecule has 0 N–H and O–H groups in total. The van der Waals surface area contributed by atoms with Crippen LogP contribution in [0, 0.1) is 0 Å². The summed E-state index contributed by atoms with van der Waals surface area (Å²) in [7, 11) is 0. The van der Waals surface area contributed by atoms with Gasteiger partial charge in [-0.1, -0.05) is 30.3 Å². The number of cyclic esters (lactones) is 1. The molecule has 2 atom stereocenters. The number of rotatable bonds is 4. The van der Waals surface area contributed by atoms with Gasteiger partial charge in [-0.3, -0.25) is 4.90 Å². The highest BCUT2D eigenvalue weighted by Gasteiger charge is 2.36. The van der Waals surface area contributed by atoms with Crippen LogP contribution in [0.4, 0.5) is 4.79 Å². The van der Waals surface area contributed by atoms with Crippen LogP contribution in [-0.2, 0) is 4.74 Å². The third kappa shape index (κ3) is 2.55. The Balaban J connectivity index is 2.16. The summed E-state index contributed by atoms with van der Waals surface area (Å²) < 4.78 is 5.10. The van der Waals surface area contributed by atoms with Crippen molar-refractivity contribution in [3.8, 4) is 0 Å². The molecule has 1 heterocycles. The fraction of sp³-hybridized carbons (Fsp3) is 0.462. The van der Waals surface area contributed by atoms with E-state index >= 15 is 0 Å². The molecular weight excluding hydrogens is 238 g/mol. The van der Waals surface area contributed by atoms with E-state index < -0.39 is 0 Å². The molecule has 1 amide bonds. The smallest absolute Gasteiger partial charge is 0.410 e. The molecule has 4 heteroatoms. The van der Waals surface area contributed by atoms with Gasteiger partial charge < -0.3 is 4.74 Å². The lowest BCUT2D eigenvalue weighted by molar-refractivity contribution is 0.146. The topological polar surface area (TPSA) is 29.5 Å². The highest BCUT2D eigenvalue weighted by Crippen LogP contribution is 2.28. The molecule has 3 nitrogen and oxygen atoms in total. The molecule has 2 rings (SSSR count). The highest BCUT2D eigenvalue weighted by atomic mass is 35.5. The summed E-state index contributed by atoms with van der Waals surface area (Å²) in [4.78, 5) is 13.5. The average molecular weight is 254 g/mol. The molecule has 0 radical (unpaired) electrons. The van der Waals surface area contributed by atoms with E-state index in [1.165, 1.54) is 0 Å². The highest BCUT2D eigenvalue weighted by molar-refractivity contribution is 6.17. The minimum atomic E-state index is -0.239. The Kier molecular flexibility index (Phi) is 3.89. The van der Waals surface area contributed by atoms with Crippen LogP contribution >= 0.6 is 11.6 Å². The summed E-state index contributed by atoms with van der Waals surface area (Å²) in [6.45, 7) is 2.46. The number of nitrogens with zero attached hydrogens (tertiary/aromatic N) is 1. The van der Waals surface area contributed by atoms with Crippen molar-refractivity contribution in [3.05, 3.63) is 35.9 Å². The Hall–Kier alpha value is -1.22. The number of alkyl halides is 1. The molecule has 1 aliphatic heterocycles. The summed E-state index contributed by atoms with van der Waals surface area (Å²) in [5.74, 6) is 0.541. The fourth-order valence-electron chi connectivity index (χ4n) is 2.19. The van der Waals surface area contributed by atoms with Gasteiger partial charge in [-0.05, 0) is 18.9 Å². The summed E-state index contributed by atoms with van der Waals surface area (Å²) >= 11 is 5.75. The zero-order valence-electron chi connectivity index (χ0n) is 9.80. The Morgan fingerprint density at radius 2 is 2.18 bits per heavy atom. The molecular formula is C13H16ClNO2. The standard InChI is InChI=1S/C13H16ClNO2/c1-10(11-5-3-2-4-6-11)15-12(7-8-14)9-17-13(15)16/h2-6,10,12H,7-9H2,1H3/t10-,12-/m0/s1. The lowest BCUT2D eigenvalue weighted by Gasteiger charge is -2.27. The van der Waals surface area contributed by atoms with Crippen molar-refractivity contribution in [2.24, 2.45) is 0 Å². The van der Waals surface area contributed by atoms with Crippen LogP contribution in [0.5, 0.6) is 0 Å². The number of halogens is 1. The molecule has 1 aromatic rings. The Bertz CT molecular complexity index is 382. The third-order valence-electron chi connectivity index (χ3n) is 3.14. The Morgan fingerprint density at radius 3 is 2.82 bits per heavy atom. The van der Waals surface area contributed by atoms with Crippen LogP contribution in [-0.4, -0.2) is 29.5 Å². The number of carbonyl (C=O) groups excluding carboxylic acids is 1. The molecule has 1 saturated heterocycles. The van der Waals surface area contributed by atoms with Crippen LogP contribution in [0.1, 0.15) is 24.9 Å². The van der Waals surface area contributed by atoms with Gasteiger partial charge in [-0.2, -0.15) is 0 Å². The molecule has 92 valence electrons. The second-order valence-electron chi connectivity index (χ2n) is 4.20. The van der Waals surface area contributed by atoms with Crippen LogP contribution in [0.15, 0.2) is 30.3 Å². The first kappa shape index (κ1) is 12.2. The molecule has 0 unspecified atom stereocenters. The quantitative estimate of drug-likeness (QED) is 0.772. The number of hydrogen-bond donors (Lipinski definition) is 0. The molecule has 0 aromatic heterocycles. The number of amides is 1. The lowest BCUT2D eigenvalue weighted by atomic mass is 10.1. The zero-order chi connectivity index (χ0) is 12.3. The van der Waals surface area contributed by atoms with Gasteiger partial charge in [-0.25, -0.2) is 4.79 Å². The first-order valence-corrected chi connectivity index (χ1v) is 6.33. The van der Waals surface area contributed by atoms with E-state index in [1.54, 1.807) is 4.90 Å². The zero-order valence-corrected chi connectivity index (χ0v) is 10.6. The van der Waals surface area contributed by atoms with Crippen LogP contribution in [0.2, 0.25) is 0 Å². The van der Waals surface area contributed by atoms with Gasteiger partial charge in [0, 0.05) is 5.88 Å². The molecule has 0 saturated carbocycles. The van der Waals surface area contributed by atoms with Crippen molar-refractivity contribution in [2.45, 2.75) is 25.4 Å². The largest absolute Gasteiger partial charge is 0.447 e. The summed E-state index contributed by atoms with van der Waals surface area (Å²) in [6, 6.07) is 10.1. The maximum Gasteiger partial charge on any atom is 0.410 e. The van der Waals surface area contributed by atoms with Crippen molar-refractivity contribution in [1.29, 1.82) is 0 Å². The molecule has 1 aromatic carbocycles. The van der Waals surface area contributed by atoms with E-state index in [9.17, 15) is 4.79 Å². The second-order valence-corrected chi connectivity index (χ2v) is 4.58. The van der Waals surface area contributed by atoms with E-state index in [-0.39, 0.29) is 18.2 Å². The summed E-state index contributed by atoms with van der Waals surface area (Å²) in [5.41, 5.74) is 1.12. The van der Waals surface area contributed by atoms with Crippen molar-refractivity contribution in [2.75, 3.05) is 12.5 Å². The normalized spacial score (nSPS) is 21.4. The fourth-order valence-corrected chi connectivity index (χ4v) is 2.44. The van der Waals surface area contributed by atoms with E-state index in [0.717, 1.165) is 12.0 Å². The van der Waals surface area contributed by atoms with Crippen LogP contribution in [0.25, 0.3) is 0 Å². The molecule has 0 bridgehead atoms. The number of ether oxygens (including phenoxy) is 1. The van der Waals surface area contributed by atoms with Gasteiger partial charge in [0.1, 0.15) is 6.61 Å². The van der Waals surface area contributed by atoms with E-state index in [4.69, 9.17) is 16.3 Å². The maximum absolute atomic E-state index is 11.7. The van der Waals surface area contributed by atoms with Crippen molar-refractivity contribution < 1.29 is 9.53 Å². The first-order chi connectivity index (χ1) is 8.24. The van der Waals surface area contributed by atoms with Crippen LogP contribution < -0.4 is 0 Å². The molecule has 1 fully saturated rings. The third-order valence-corrected chi connectivity index (χ3v) is 3.36. The van der Waals surface area contributed by atoms with Gasteiger partial charge >= 0.3 is 6.09 Å². The van der Waals surface area contributed by atoms with E-state index in [1.807, 2.05) is 37.3 Å². The molecule has 0 spiro atoms. The van der Waals surface area contributed by atoms with Crippen LogP contribution in [0.3, 0.4) is 0 Å². The van der Waals surface area contributed by atoms with E-state index in [2.05, 4.69) is 0 Å². The predicted molar refractivity (Wildman–Crippen MR) is 67.2 cm³/mol. The van der Waals surface area contributed by atoms with Crippen molar-refractivity contribution in [1.82, 2.24) is 4.90 Å². The lowest BCUT2D eigenvalue weighted by Crippen LogP contribution is -2.36. The average Bonchev–Trinajstić information content (AvgIpc) is 2.71. The second kappa shape index (κ2) is 5.41. The predicted octanol–water partition coefficient (Wildman–Crippen LogP) is 3.20. The van der Waals surface area contributed by atoms with Gasteiger partial charge in [0.05, 0.1) is 12.1 Å². The van der Waals surface area contributed by atoms with Crippen molar-refractivity contribution >= 4 is 17.7 Å². The summed E-state index contributed by atoms with van der Waals surface area (Å²) in [5, 5.41) is 0. The summed E-state index contributed by atoms with van der Waals surface area (Å²) in [6.07, 6.45) is 0.529.